The molecule has 0 unspecified atom stereocenters. The van der Waals surface area contributed by atoms with Gasteiger partial charge in [0.05, 0.1) is 28.0 Å². The fraction of sp³-hybridized carbons (Fsp3) is 0.333. The first kappa shape index (κ1) is 25.8. The van der Waals surface area contributed by atoms with Crippen molar-refractivity contribution in [3.05, 3.63) is 80.4 Å². The van der Waals surface area contributed by atoms with E-state index in [4.69, 9.17) is 4.74 Å². The van der Waals surface area contributed by atoms with E-state index in [1.165, 1.54) is 12.1 Å². The lowest BCUT2D eigenvalue weighted by atomic mass is 10.0. The summed E-state index contributed by atoms with van der Waals surface area (Å²) in [5.41, 5.74) is 0.890. The molecule has 198 valence electrons. The fourth-order valence-corrected chi connectivity index (χ4v) is 5.45. The number of alkyl halides is 2. The van der Waals surface area contributed by atoms with Gasteiger partial charge in [0.15, 0.2) is 6.10 Å². The highest BCUT2D eigenvalue weighted by Gasteiger charge is 2.25. The Balaban J connectivity index is 1.58. The third-order valence-electron chi connectivity index (χ3n) is 6.74. The maximum absolute atomic E-state index is 13.8. The number of halogens is 2. The largest absolute Gasteiger partial charge is 0.485 e. The molecule has 11 heteroatoms. The van der Waals surface area contributed by atoms with E-state index in [9.17, 15) is 23.2 Å². The normalized spacial score (nSPS) is 14.3. The van der Waals surface area contributed by atoms with E-state index in [2.05, 4.69) is 4.98 Å². The van der Waals surface area contributed by atoms with E-state index in [1.54, 1.807) is 33.1 Å². The minimum absolute atomic E-state index is 0.00117. The number of amides is 1. The Kier molecular flexibility index (Phi) is 7.64. The molecule has 0 atom stereocenters. The minimum atomic E-state index is -1.28. The third kappa shape index (κ3) is 5.10. The number of hydrogen-bond donors (Lipinski definition) is 0. The van der Waals surface area contributed by atoms with Gasteiger partial charge in [0.1, 0.15) is 19.1 Å². The maximum atomic E-state index is 13.8. The van der Waals surface area contributed by atoms with Gasteiger partial charge in [0.25, 0.3) is 5.56 Å². The summed E-state index contributed by atoms with van der Waals surface area (Å²) in [6, 6.07) is 11.9. The standard InChI is InChI=1S/C27H26F2N4O4S/c28-13-21(14-29)37-20-4-6-24-22(12-20)26(35)32(27(36)33(24)19-7-9-31(17-34)10-8-19)16-18-3-5-23(30-15-18)25-2-1-11-38-25/h1-6,11-12,15,17,19,21H,7-10,13-14,16H2. The SMILES string of the molecule is O=CN1CCC(n2c(=O)n(Cc3ccc(-c4cccs4)nc3)c(=O)c3cc(OC(CF)CF)ccc32)CC1. The molecule has 1 aromatic carbocycles. The zero-order valence-electron chi connectivity index (χ0n) is 20.5. The Morgan fingerprint density at radius 3 is 2.53 bits per heavy atom. The number of piperidine rings is 1. The molecule has 0 saturated carbocycles. The van der Waals surface area contributed by atoms with Crippen LogP contribution in [0.4, 0.5) is 8.78 Å². The molecule has 1 amide bonds. The van der Waals surface area contributed by atoms with Crippen LogP contribution in [0.15, 0.2) is 63.6 Å². The Hall–Kier alpha value is -3.86. The van der Waals surface area contributed by atoms with Crippen molar-refractivity contribution in [3.8, 4) is 16.3 Å². The monoisotopic (exact) mass is 540 g/mol. The van der Waals surface area contributed by atoms with Crippen LogP contribution in [0.25, 0.3) is 21.5 Å². The van der Waals surface area contributed by atoms with Gasteiger partial charge >= 0.3 is 5.69 Å². The number of likely N-dealkylation sites (tertiary alicyclic amines) is 1. The van der Waals surface area contributed by atoms with Crippen molar-refractivity contribution in [1.82, 2.24) is 19.0 Å². The molecule has 0 bridgehead atoms. The quantitative estimate of drug-likeness (QED) is 0.302. The number of pyridine rings is 1. The number of fused-ring (bicyclic) bond motifs is 1. The zero-order valence-corrected chi connectivity index (χ0v) is 21.3. The first-order chi connectivity index (χ1) is 18.5. The van der Waals surface area contributed by atoms with Gasteiger partial charge in [-0.05, 0) is 54.1 Å². The number of rotatable bonds is 9. The second kappa shape index (κ2) is 11.3. The van der Waals surface area contributed by atoms with Crippen LogP contribution in [-0.4, -0.2) is 58.0 Å². The highest BCUT2D eigenvalue weighted by atomic mass is 32.1. The smallest absolute Gasteiger partial charge is 0.332 e. The fourth-order valence-electron chi connectivity index (χ4n) is 4.74. The molecule has 8 nitrogen and oxygen atoms in total. The van der Waals surface area contributed by atoms with Gasteiger partial charge in [0, 0.05) is 25.3 Å². The summed E-state index contributed by atoms with van der Waals surface area (Å²) in [5.74, 6) is 0.143. The van der Waals surface area contributed by atoms with Crippen LogP contribution in [-0.2, 0) is 11.3 Å². The average molecular weight is 541 g/mol. The number of aromatic nitrogens is 3. The highest BCUT2D eigenvalue weighted by Crippen LogP contribution is 2.26. The lowest BCUT2D eigenvalue weighted by Crippen LogP contribution is -2.44. The predicted molar refractivity (Wildman–Crippen MR) is 141 cm³/mol. The van der Waals surface area contributed by atoms with Crippen molar-refractivity contribution < 1.29 is 18.3 Å². The van der Waals surface area contributed by atoms with Crippen molar-refractivity contribution in [2.45, 2.75) is 31.5 Å². The summed E-state index contributed by atoms with van der Waals surface area (Å²) >= 11 is 1.57. The van der Waals surface area contributed by atoms with Crippen molar-refractivity contribution >= 4 is 28.6 Å². The van der Waals surface area contributed by atoms with Crippen LogP contribution in [0, 0.1) is 0 Å². The predicted octanol–water partition coefficient (Wildman–Crippen LogP) is 3.81. The summed E-state index contributed by atoms with van der Waals surface area (Å²) in [4.78, 5) is 45.7. The van der Waals surface area contributed by atoms with Crippen molar-refractivity contribution in [2.24, 2.45) is 0 Å². The molecule has 3 aromatic heterocycles. The minimum Gasteiger partial charge on any atom is -0.485 e. The second-order valence-corrected chi connectivity index (χ2v) is 10.1. The number of hydrogen-bond acceptors (Lipinski definition) is 6. The maximum Gasteiger partial charge on any atom is 0.332 e. The van der Waals surface area contributed by atoms with Gasteiger partial charge in [-0.1, -0.05) is 12.1 Å². The van der Waals surface area contributed by atoms with Crippen LogP contribution < -0.4 is 16.0 Å². The van der Waals surface area contributed by atoms with E-state index in [1.807, 2.05) is 29.6 Å². The van der Waals surface area contributed by atoms with Crippen LogP contribution in [0.2, 0.25) is 0 Å². The van der Waals surface area contributed by atoms with Gasteiger partial charge in [-0.2, -0.15) is 0 Å². The number of ether oxygens (including phenoxy) is 1. The third-order valence-corrected chi connectivity index (χ3v) is 7.63. The van der Waals surface area contributed by atoms with Gasteiger partial charge in [-0.25, -0.2) is 13.6 Å². The van der Waals surface area contributed by atoms with E-state index >= 15 is 0 Å². The molecule has 5 rings (SSSR count). The van der Waals surface area contributed by atoms with E-state index < -0.39 is 30.7 Å². The molecule has 0 radical (unpaired) electrons. The van der Waals surface area contributed by atoms with Crippen LogP contribution in [0.5, 0.6) is 5.75 Å². The Morgan fingerprint density at radius 2 is 1.89 bits per heavy atom. The molecule has 1 aliphatic heterocycles. The second-order valence-electron chi connectivity index (χ2n) is 9.17. The molecule has 0 aliphatic carbocycles. The molecule has 0 spiro atoms. The molecule has 0 N–H and O–H groups in total. The molecule has 1 fully saturated rings. The van der Waals surface area contributed by atoms with Crippen LogP contribution >= 0.6 is 11.3 Å². The first-order valence-corrected chi connectivity index (χ1v) is 13.2. The summed E-state index contributed by atoms with van der Waals surface area (Å²) in [6.07, 6.45) is 2.26. The molecular weight excluding hydrogens is 514 g/mol. The van der Waals surface area contributed by atoms with Crippen LogP contribution in [0.3, 0.4) is 0 Å². The van der Waals surface area contributed by atoms with Crippen molar-refractivity contribution in [2.75, 3.05) is 26.4 Å². The highest BCUT2D eigenvalue weighted by molar-refractivity contribution is 7.13. The Labute approximate surface area is 220 Å². The zero-order chi connectivity index (χ0) is 26.6. The molecule has 1 aliphatic rings. The molecule has 1 saturated heterocycles. The number of carbonyl (C=O) groups excluding carboxylic acids is 1. The average Bonchev–Trinajstić information content (AvgIpc) is 3.50. The Morgan fingerprint density at radius 1 is 1.11 bits per heavy atom. The Bertz CT molecular complexity index is 1520. The van der Waals surface area contributed by atoms with E-state index in [-0.39, 0.29) is 23.7 Å². The summed E-state index contributed by atoms with van der Waals surface area (Å²) in [7, 11) is 0. The number of benzene rings is 1. The molecule has 4 aromatic rings. The molecular formula is C27H26F2N4O4S. The van der Waals surface area contributed by atoms with Gasteiger partial charge in [-0.15, -0.1) is 11.3 Å². The van der Waals surface area contributed by atoms with Gasteiger partial charge in [0.2, 0.25) is 6.41 Å². The summed E-state index contributed by atoms with van der Waals surface area (Å²) in [5, 5.41) is 2.17. The molecule has 4 heterocycles. The molecule has 38 heavy (non-hydrogen) atoms. The topological polar surface area (TPSA) is 86.4 Å². The summed E-state index contributed by atoms with van der Waals surface area (Å²) in [6.45, 7) is -1.04. The summed E-state index contributed by atoms with van der Waals surface area (Å²) < 4.78 is 34.3. The number of nitrogens with zero attached hydrogens (tertiary/aromatic N) is 4. The van der Waals surface area contributed by atoms with E-state index in [0.29, 0.717) is 37.0 Å². The van der Waals surface area contributed by atoms with E-state index in [0.717, 1.165) is 21.5 Å². The van der Waals surface area contributed by atoms with Crippen molar-refractivity contribution in [1.29, 1.82) is 0 Å². The number of thiophene rings is 1. The first-order valence-electron chi connectivity index (χ1n) is 12.3. The number of carbonyl (C=O) groups is 1. The van der Waals surface area contributed by atoms with Gasteiger partial charge < -0.3 is 9.64 Å². The lowest BCUT2D eigenvalue weighted by Gasteiger charge is -2.31. The van der Waals surface area contributed by atoms with Crippen LogP contribution in [0.1, 0.15) is 24.4 Å². The van der Waals surface area contributed by atoms with Gasteiger partial charge in [-0.3, -0.25) is 23.7 Å². The van der Waals surface area contributed by atoms with Crippen molar-refractivity contribution in [3.63, 3.8) is 0 Å². The lowest BCUT2D eigenvalue weighted by molar-refractivity contribution is -0.119.